The molecule has 1 atom stereocenters. The van der Waals surface area contributed by atoms with Crippen LogP contribution in [0.25, 0.3) is 11.3 Å². The lowest BCUT2D eigenvalue weighted by Crippen LogP contribution is -2.14. The Morgan fingerprint density at radius 1 is 1.09 bits per heavy atom. The maximum absolute atomic E-state index is 12.9. The van der Waals surface area contributed by atoms with E-state index in [1.165, 1.54) is 30.0 Å². The van der Waals surface area contributed by atoms with Crippen LogP contribution in [0.15, 0.2) is 58.8 Å². The second-order valence-electron chi connectivity index (χ2n) is 7.39. The predicted octanol–water partition coefficient (Wildman–Crippen LogP) is 4.30. The number of amides is 2. The summed E-state index contributed by atoms with van der Waals surface area (Å²) in [7, 11) is -2.98. The molecule has 166 valence electrons. The number of hydrogen-bond acceptors (Lipinski definition) is 7. The summed E-state index contributed by atoms with van der Waals surface area (Å²) in [6, 6.07) is 14.5. The number of benzene rings is 2. The third-order valence-electron chi connectivity index (χ3n) is 4.84. The number of nitrogens with zero attached hydrogens (tertiary/aromatic N) is 1. The molecule has 2 N–H and O–H groups in total. The van der Waals surface area contributed by atoms with Crippen molar-refractivity contribution < 1.29 is 18.0 Å². The first-order valence-electron chi connectivity index (χ1n) is 9.90. The third-order valence-corrected chi connectivity index (χ3v) is 8.92. The van der Waals surface area contributed by atoms with Crippen LogP contribution in [0.1, 0.15) is 23.7 Å². The smallest absolute Gasteiger partial charge is 0.258 e. The molecule has 2 heterocycles. The SMILES string of the molecule is CC(=O)Nc1ccc(-c2csc(NC(=O)c3ccccc3SC3CCS(=O)(=O)C3)n2)cc1. The second kappa shape index (κ2) is 9.43. The number of nitrogens with one attached hydrogen (secondary N) is 2. The monoisotopic (exact) mass is 487 g/mol. The highest BCUT2D eigenvalue weighted by molar-refractivity contribution is 8.02. The van der Waals surface area contributed by atoms with Crippen molar-refractivity contribution in [2.75, 3.05) is 22.1 Å². The minimum Gasteiger partial charge on any atom is -0.326 e. The highest BCUT2D eigenvalue weighted by Crippen LogP contribution is 2.34. The molecule has 1 aliphatic heterocycles. The van der Waals surface area contributed by atoms with E-state index in [1.807, 2.05) is 29.6 Å². The number of rotatable bonds is 6. The van der Waals surface area contributed by atoms with Gasteiger partial charge in [-0.25, -0.2) is 13.4 Å². The van der Waals surface area contributed by atoms with Gasteiger partial charge in [0.05, 0.1) is 22.8 Å². The molecule has 7 nitrogen and oxygen atoms in total. The van der Waals surface area contributed by atoms with Crippen LogP contribution in [0, 0.1) is 0 Å². The molecule has 0 saturated carbocycles. The number of anilines is 2. The number of thioether (sulfide) groups is 1. The van der Waals surface area contributed by atoms with E-state index in [0.717, 1.165) is 16.2 Å². The topological polar surface area (TPSA) is 105 Å². The first-order chi connectivity index (χ1) is 15.3. The Morgan fingerprint density at radius 2 is 1.84 bits per heavy atom. The predicted molar refractivity (Wildman–Crippen MR) is 129 cm³/mol. The highest BCUT2D eigenvalue weighted by Gasteiger charge is 2.29. The van der Waals surface area contributed by atoms with E-state index < -0.39 is 9.84 Å². The molecule has 0 aliphatic carbocycles. The molecule has 1 saturated heterocycles. The third kappa shape index (κ3) is 5.56. The molecule has 0 radical (unpaired) electrons. The Balaban J connectivity index is 1.45. The first-order valence-corrected chi connectivity index (χ1v) is 13.5. The van der Waals surface area contributed by atoms with E-state index in [4.69, 9.17) is 0 Å². The van der Waals surface area contributed by atoms with Gasteiger partial charge in [0, 0.05) is 33.7 Å². The van der Waals surface area contributed by atoms with Gasteiger partial charge in [0.2, 0.25) is 5.91 Å². The first kappa shape index (κ1) is 22.5. The molecule has 10 heteroatoms. The van der Waals surface area contributed by atoms with E-state index in [1.54, 1.807) is 24.3 Å². The van der Waals surface area contributed by atoms with E-state index in [2.05, 4.69) is 15.6 Å². The number of sulfone groups is 1. The summed E-state index contributed by atoms with van der Waals surface area (Å²) in [5, 5.41) is 7.85. The molecule has 0 spiro atoms. The van der Waals surface area contributed by atoms with Gasteiger partial charge in [0.1, 0.15) is 0 Å². The van der Waals surface area contributed by atoms with Gasteiger partial charge >= 0.3 is 0 Å². The number of carbonyl (C=O) groups is 2. The molecule has 4 rings (SSSR count). The lowest BCUT2D eigenvalue weighted by molar-refractivity contribution is -0.114. The molecule has 2 amide bonds. The standard InChI is InChI=1S/C22H21N3O4S3/c1-14(26)23-16-8-6-15(7-9-16)19-12-30-22(24-19)25-21(27)18-4-2-3-5-20(18)31-17-10-11-32(28,29)13-17/h2-9,12,17H,10-11,13H2,1H3,(H,23,26)(H,24,25,27). The van der Waals surface area contributed by atoms with Crippen LogP contribution in [0.2, 0.25) is 0 Å². The zero-order valence-corrected chi connectivity index (χ0v) is 19.6. The van der Waals surface area contributed by atoms with E-state index in [0.29, 0.717) is 22.8 Å². The van der Waals surface area contributed by atoms with Crippen molar-refractivity contribution in [2.24, 2.45) is 0 Å². The zero-order chi connectivity index (χ0) is 22.7. The maximum atomic E-state index is 12.9. The van der Waals surface area contributed by atoms with Crippen molar-refractivity contribution in [3.63, 3.8) is 0 Å². The molecular formula is C22H21N3O4S3. The minimum absolute atomic E-state index is 0.0409. The van der Waals surface area contributed by atoms with Gasteiger partial charge in [0.15, 0.2) is 15.0 Å². The van der Waals surface area contributed by atoms with E-state index in [9.17, 15) is 18.0 Å². The molecule has 1 fully saturated rings. The largest absolute Gasteiger partial charge is 0.326 e. The number of aromatic nitrogens is 1. The summed E-state index contributed by atoms with van der Waals surface area (Å²) in [5.41, 5.74) is 2.79. The van der Waals surface area contributed by atoms with Crippen molar-refractivity contribution in [2.45, 2.75) is 23.5 Å². The summed E-state index contributed by atoms with van der Waals surface area (Å²) < 4.78 is 23.5. The Bertz CT molecular complexity index is 1250. The van der Waals surface area contributed by atoms with Crippen LogP contribution in [0.3, 0.4) is 0 Å². The molecule has 1 unspecified atom stereocenters. The molecule has 1 aliphatic rings. The van der Waals surface area contributed by atoms with Crippen LogP contribution in [0.5, 0.6) is 0 Å². The van der Waals surface area contributed by atoms with E-state index in [-0.39, 0.29) is 28.6 Å². The fraction of sp³-hybridized carbons (Fsp3) is 0.227. The van der Waals surface area contributed by atoms with Gasteiger partial charge in [-0.05, 0) is 30.7 Å². The molecule has 3 aromatic rings. The fourth-order valence-corrected chi connectivity index (χ4v) is 7.69. The van der Waals surface area contributed by atoms with E-state index >= 15 is 0 Å². The van der Waals surface area contributed by atoms with Crippen LogP contribution in [-0.4, -0.2) is 42.0 Å². The summed E-state index contributed by atoms with van der Waals surface area (Å²) in [6.45, 7) is 1.45. The number of hydrogen-bond donors (Lipinski definition) is 2. The fourth-order valence-electron chi connectivity index (χ4n) is 3.35. The quantitative estimate of drug-likeness (QED) is 0.537. The van der Waals surface area contributed by atoms with Gasteiger partial charge in [-0.15, -0.1) is 23.1 Å². The van der Waals surface area contributed by atoms with Crippen molar-refractivity contribution in [1.82, 2.24) is 4.98 Å². The average Bonchev–Trinajstić information content (AvgIpc) is 3.34. The van der Waals surface area contributed by atoms with Crippen LogP contribution in [-0.2, 0) is 14.6 Å². The Kier molecular flexibility index (Phi) is 6.63. The summed E-state index contributed by atoms with van der Waals surface area (Å²) >= 11 is 2.76. The Hall–Kier alpha value is -2.69. The Labute approximate surface area is 194 Å². The lowest BCUT2D eigenvalue weighted by atomic mass is 10.1. The van der Waals surface area contributed by atoms with Crippen LogP contribution in [0.4, 0.5) is 10.8 Å². The van der Waals surface area contributed by atoms with Gasteiger partial charge in [0.25, 0.3) is 5.91 Å². The average molecular weight is 488 g/mol. The van der Waals surface area contributed by atoms with Crippen molar-refractivity contribution in [3.05, 3.63) is 59.5 Å². The van der Waals surface area contributed by atoms with Gasteiger partial charge in [-0.3, -0.25) is 14.9 Å². The van der Waals surface area contributed by atoms with Gasteiger partial charge in [-0.2, -0.15) is 0 Å². The molecule has 1 aromatic heterocycles. The molecular weight excluding hydrogens is 466 g/mol. The van der Waals surface area contributed by atoms with Crippen molar-refractivity contribution in [1.29, 1.82) is 0 Å². The van der Waals surface area contributed by atoms with Crippen molar-refractivity contribution >= 4 is 55.6 Å². The molecule has 32 heavy (non-hydrogen) atoms. The van der Waals surface area contributed by atoms with Crippen LogP contribution >= 0.6 is 23.1 Å². The Morgan fingerprint density at radius 3 is 2.53 bits per heavy atom. The summed E-state index contributed by atoms with van der Waals surface area (Å²) in [4.78, 5) is 29.3. The minimum atomic E-state index is -2.98. The lowest BCUT2D eigenvalue weighted by Gasteiger charge is -2.12. The highest BCUT2D eigenvalue weighted by atomic mass is 32.2. The van der Waals surface area contributed by atoms with Crippen LogP contribution < -0.4 is 10.6 Å². The molecule has 2 aromatic carbocycles. The van der Waals surface area contributed by atoms with Crippen molar-refractivity contribution in [3.8, 4) is 11.3 Å². The van der Waals surface area contributed by atoms with Gasteiger partial charge < -0.3 is 5.32 Å². The summed E-state index contributed by atoms with van der Waals surface area (Å²) in [5.74, 6) is -0.0723. The maximum Gasteiger partial charge on any atom is 0.258 e. The van der Waals surface area contributed by atoms with Gasteiger partial charge in [-0.1, -0.05) is 24.3 Å². The number of thiazole rings is 1. The molecule has 0 bridgehead atoms. The zero-order valence-electron chi connectivity index (χ0n) is 17.2. The summed E-state index contributed by atoms with van der Waals surface area (Å²) in [6.07, 6.45) is 0.597. The second-order valence-corrected chi connectivity index (χ2v) is 11.8. The normalized spacial score (nSPS) is 17.1. The number of carbonyl (C=O) groups excluding carboxylic acids is 2.